The van der Waals surface area contributed by atoms with Crippen molar-refractivity contribution in [2.24, 2.45) is 0 Å². The monoisotopic (exact) mass is 315 g/mol. The van der Waals surface area contributed by atoms with Crippen molar-refractivity contribution in [1.82, 2.24) is 9.97 Å². The summed E-state index contributed by atoms with van der Waals surface area (Å²) in [5, 5.41) is 10.9. The Kier molecular flexibility index (Phi) is 4.12. The van der Waals surface area contributed by atoms with Gasteiger partial charge in [-0.2, -0.15) is 13.2 Å². The first-order valence-corrected chi connectivity index (χ1v) is 6.42. The maximum absolute atomic E-state index is 12.8. The van der Waals surface area contributed by atoms with Crippen LogP contribution < -0.4 is 0 Å². The molecule has 0 fully saturated rings. The van der Waals surface area contributed by atoms with E-state index in [-0.39, 0.29) is 10.1 Å². The third kappa shape index (κ3) is 3.69. The molecule has 0 aliphatic heterocycles. The molecule has 2 aromatic rings. The highest BCUT2D eigenvalue weighted by Crippen LogP contribution is 2.39. The molecule has 0 saturated carbocycles. The van der Waals surface area contributed by atoms with E-state index in [0.29, 0.717) is 5.69 Å². The second-order valence-electron chi connectivity index (χ2n) is 4.02. The smallest absolute Gasteiger partial charge is 0.258 e. The zero-order valence-corrected chi connectivity index (χ0v) is 11.4. The van der Waals surface area contributed by atoms with Crippen LogP contribution in [-0.2, 0) is 6.18 Å². The number of nitro groups is 1. The van der Waals surface area contributed by atoms with Gasteiger partial charge in [0.15, 0.2) is 5.16 Å². The number of halogens is 3. The van der Waals surface area contributed by atoms with E-state index in [0.717, 1.165) is 23.9 Å². The van der Waals surface area contributed by atoms with Gasteiger partial charge < -0.3 is 0 Å². The lowest BCUT2D eigenvalue weighted by Crippen LogP contribution is -2.09. The van der Waals surface area contributed by atoms with Gasteiger partial charge in [0.05, 0.1) is 4.92 Å². The standard InChI is InChI=1S/C12H8F3N3O2S/c1-7-4-5-16-11(17-7)21-8-2-3-10(18(19)20)9(6-8)12(13,14)15/h2-6H,1H3. The number of nitrogens with zero attached hydrogens (tertiary/aromatic N) is 3. The van der Waals surface area contributed by atoms with Crippen LogP contribution >= 0.6 is 11.8 Å². The second kappa shape index (κ2) is 5.68. The quantitative estimate of drug-likeness (QED) is 0.488. The van der Waals surface area contributed by atoms with Crippen molar-refractivity contribution in [1.29, 1.82) is 0 Å². The highest BCUT2D eigenvalue weighted by molar-refractivity contribution is 7.99. The SMILES string of the molecule is Cc1ccnc(Sc2ccc([N+](=O)[O-])c(C(F)(F)F)c2)n1. The van der Waals surface area contributed by atoms with Crippen molar-refractivity contribution in [2.45, 2.75) is 23.2 Å². The van der Waals surface area contributed by atoms with E-state index >= 15 is 0 Å². The van der Waals surface area contributed by atoms with Crippen LogP contribution in [0.4, 0.5) is 18.9 Å². The molecule has 9 heteroatoms. The van der Waals surface area contributed by atoms with E-state index in [1.165, 1.54) is 12.3 Å². The Hall–Kier alpha value is -2.16. The molecule has 0 unspecified atom stereocenters. The zero-order chi connectivity index (χ0) is 15.6. The molecule has 110 valence electrons. The lowest BCUT2D eigenvalue weighted by Gasteiger charge is -2.09. The zero-order valence-electron chi connectivity index (χ0n) is 10.6. The predicted octanol–water partition coefficient (Wildman–Crippen LogP) is 3.86. The van der Waals surface area contributed by atoms with E-state index in [1.54, 1.807) is 13.0 Å². The van der Waals surface area contributed by atoms with Crippen molar-refractivity contribution >= 4 is 17.4 Å². The van der Waals surface area contributed by atoms with Gasteiger partial charge in [-0.15, -0.1) is 0 Å². The Morgan fingerprint density at radius 2 is 2.00 bits per heavy atom. The fourth-order valence-electron chi connectivity index (χ4n) is 1.55. The number of benzene rings is 1. The molecule has 1 aromatic heterocycles. The molecule has 0 spiro atoms. The molecule has 1 heterocycles. The first-order valence-electron chi connectivity index (χ1n) is 5.60. The summed E-state index contributed by atoms with van der Waals surface area (Å²) in [7, 11) is 0. The largest absolute Gasteiger partial charge is 0.423 e. The topological polar surface area (TPSA) is 68.9 Å². The highest BCUT2D eigenvalue weighted by atomic mass is 32.2. The lowest BCUT2D eigenvalue weighted by atomic mass is 10.2. The predicted molar refractivity (Wildman–Crippen MR) is 69.0 cm³/mol. The molecule has 0 aliphatic rings. The van der Waals surface area contributed by atoms with E-state index < -0.39 is 22.4 Å². The van der Waals surface area contributed by atoms with E-state index in [4.69, 9.17) is 0 Å². The minimum Gasteiger partial charge on any atom is -0.258 e. The van der Waals surface area contributed by atoms with Crippen LogP contribution in [0.15, 0.2) is 40.5 Å². The van der Waals surface area contributed by atoms with Gasteiger partial charge in [-0.05, 0) is 36.9 Å². The van der Waals surface area contributed by atoms with E-state index in [1.807, 2.05) is 0 Å². The van der Waals surface area contributed by atoms with Gasteiger partial charge in [0, 0.05) is 22.9 Å². The van der Waals surface area contributed by atoms with Crippen molar-refractivity contribution in [2.75, 3.05) is 0 Å². The number of aromatic nitrogens is 2. The molecule has 0 N–H and O–H groups in total. The van der Waals surface area contributed by atoms with E-state index in [9.17, 15) is 23.3 Å². The van der Waals surface area contributed by atoms with Gasteiger partial charge in [0.25, 0.3) is 5.69 Å². The summed E-state index contributed by atoms with van der Waals surface area (Å²) >= 11 is 0.908. The average Bonchev–Trinajstić information content (AvgIpc) is 2.37. The molecular weight excluding hydrogens is 307 g/mol. The molecule has 0 atom stereocenters. The normalized spacial score (nSPS) is 11.4. The Balaban J connectivity index is 2.40. The Bertz CT molecular complexity index is 692. The van der Waals surface area contributed by atoms with Gasteiger partial charge in [-0.3, -0.25) is 10.1 Å². The Morgan fingerprint density at radius 3 is 2.57 bits per heavy atom. The lowest BCUT2D eigenvalue weighted by molar-refractivity contribution is -0.388. The summed E-state index contributed by atoms with van der Waals surface area (Å²) < 4.78 is 38.5. The molecule has 0 saturated heterocycles. The van der Waals surface area contributed by atoms with Gasteiger partial charge in [0.2, 0.25) is 0 Å². The molecule has 0 aliphatic carbocycles. The maximum Gasteiger partial charge on any atom is 0.423 e. The average molecular weight is 315 g/mol. The number of hydrogen-bond acceptors (Lipinski definition) is 5. The van der Waals surface area contributed by atoms with Crippen LogP contribution in [0, 0.1) is 17.0 Å². The number of aryl methyl sites for hydroxylation is 1. The van der Waals surface area contributed by atoms with Crippen molar-refractivity contribution in [3.8, 4) is 0 Å². The summed E-state index contributed by atoms with van der Waals surface area (Å²) in [6, 6.07) is 4.46. The van der Waals surface area contributed by atoms with Gasteiger partial charge in [-0.1, -0.05) is 0 Å². The Morgan fingerprint density at radius 1 is 1.29 bits per heavy atom. The van der Waals surface area contributed by atoms with E-state index in [2.05, 4.69) is 9.97 Å². The minimum absolute atomic E-state index is 0.179. The molecule has 21 heavy (non-hydrogen) atoms. The minimum atomic E-state index is -4.80. The van der Waals surface area contributed by atoms with Crippen LogP contribution in [0.3, 0.4) is 0 Å². The third-order valence-corrected chi connectivity index (χ3v) is 3.32. The van der Waals surface area contributed by atoms with Crippen LogP contribution in [0.25, 0.3) is 0 Å². The van der Waals surface area contributed by atoms with Crippen LogP contribution in [-0.4, -0.2) is 14.9 Å². The first-order chi connectivity index (χ1) is 9.77. The molecule has 1 aromatic carbocycles. The third-order valence-electron chi connectivity index (χ3n) is 2.45. The maximum atomic E-state index is 12.8. The van der Waals surface area contributed by atoms with Gasteiger partial charge in [0.1, 0.15) is 5.56 Å². The van der Waals surface area contributed by atoms with Gasteiger partial charge in [-0.25, -0.2) is 9.97 Å². The summed E-state index contributed by atoms with van der Waals surface area (Å²) in [4.78, 5) is 17.8. The van der Waals surface area contributed by atoms with Crippen molar-refractivity contribution < 1.29 is 18.1 Å². The first kappa shape index (κ1) is 15.2. The van der Waals surface area contributed by atoms with Crippen molar-refractivity contribution in [3.63, 3.8) is 0 Å². The summed E-state index contributed by atoms with van der Waals surface area (Å²) in [5.74, 6) is 0. The summed E-state index contributed by atoms with van der Waals surface area (Å²) in [5.41, 5.74) is -1.59. The second-order valence-corrected chi connectivity index (χ2v) is 5.06. The molecular formula is C12H8F3N3O2S. The van der Waals surface area contributed by atoms with Crippen LogP contribution in [0.2, 0.25) is 0 Å². The van der Waals surface area contributed by atoms with Crippen molar-refractivity contribution in [3.05, 3.63) is 51.8 Å². The molecule has 2 rings (SSSR count). The molecule has 5 nitrogen and oxygen atoms in total. The fourth-order valence-corrected chi connectivity index (χ4v) is 2.37. The fraction of sp³-hybridized carbons (Fsp3) is 0.167. The molecule has 0 radical (unpaired) electrons. The van der Waals surface area contributed by atoms with Gasteiger partial charge >= 0.3 is 6.18 Å². The number of rotatable bonds is 3. The van der Waals surface area contributed by atoms with Crippen LogP contribution in [0.1, 0.15) is 11.3 Å². The summed E-state index contributed by atoms with van der Waals surface area (Å²) in [6.45, 7) is 1.72. The summed E-state index contributed by atoms with van der Waals surface area (Å²) in [6.07, 6.45) is -3.31. The molecule has 0 amide bonds. The molecule has 0 bridgehead atoms. The number of hydrogen-bond donors (Lipinski definition) is 0. The van der Waals surface area contributed by atoms with Crippen LogP contribution in [0.5, 0.6) is 0 Å². The number of alkyl halides is 3. The number of nitro benzene ring substituents is 1. The Labute approximate surface area is 121 Å². The highest BCUT2D eigenvalue weighted by Gasteiger charge is 2.38.